The van der Waals surface area contributed by atoms with Crippen molar-refractivity contribution in [1.29, 1.82) is 0 Å². The third-order valence-corrected chi connectivity index (χ3v) is 4.19. The van der Waals surface area contributed by atoms with Crippen LogP contribution in [0.1, 0.15) is 17.2 Å². The fraction of sp³-hybridized carbons (Fsp3) is 0.0455. The van der Waals surface area contributed by atoms with E-state index in [9.17, 15) is 0 Å². The predicted octanol–water partition coefficient (Wildman–Crippen LogP) is 4.07. The van der Waals surface area contributed by atoms with Crippen molar-refractivity contribution in [2.75, 3.05) is 0 Å². The van der Waals surface area contributed by atoms with Crippen molar-refractivity contribution >= 4 is 0 Å². The Kier molecular flexibility index (Phi) is 4.29. The van der Waals surface area contributed by atoms with E-state index >= 15 is 0 Å². The van der Waals surface area contributed by atoms with Gasteiger partial charge in [0.05, 0.1) is 5.56 Å². The van der Waals surface area contributed by atoms with Crippen LogP contribution in [0.4, 0.5) is 0 Å². The highest BCUT2D eigenvalue weighted by molar-refractivity contribution is 5.53. The smallest absolute Gasteiger partial charge is 0.228 e. The second-order valence-corrected chi connectivity index (χ2v) is 5.85. The highest BCUT2D eigenvalue weighted by Crippen LogP contribution is 2.21. The molecular weight excluding hydrogens is 306 g/mol. The van der Waals surface area contributed by atoms with Crippen LogP contribution in [-0.4, -0.2) is 9.97 Å². The first-order valence-electron chi connectivity index (χ1n) is 8.30. The molecule has 0 bridgehead atoms. The molecule has 4 aromatic rings. The Bertz CT molecular complexity index is 882. The quantitative estimate of drug-likeness (QED) is 0.530. The van der Waals surface area contributed by atoms with Crippen LogP contribution in [0.15, 0.2) is 104 Å². The van der Waals surface area contributed by atoms with E-state index in [0.717, 1.165) is 11.4 Å². The molecule has 0 saturated carbocycles. The summed E-state index contributed by atoms with van der Waals surface area (Å²) in [5.74, 6) is 0.733. The van der Waals surface area contributed by atoms with Crippen LogP contribution in [0, 0.1) is 0 Å². The Balaban J connectivity index is 1.75. The topological polar surface area (TPSA) is 29.7 Å². The molecule has 0 saturated heterocycles. The molecule has 0 spiro atoms. The third kappa shape index (κ3) is 3.31. The van der Waals surface area contributed by atoms with Crippen molar-refractivity contribution in [3.63, 3.8) is 0 Å². The van der Waals surface area contributed by atoms with Gasteiger partial charge in [-0.2, -0.15) is 0 Å². The molecule has 0 fully saturated rings. The standard InChI is InChI=1S/C22H18N3/c1-4-10-18(11-5-1)21(19-12-6-2-7-13-19)25-16-23-22(24-17-25)20-14-8-3-9-15-20/h1-17,21H/q+1. The predicted molar refractivity (Wildman–Crippen MR) is 97.8 cm³/mol. The van der Waals surface area contributed by atoms with Crippen molar-refractivity contribution in [3.8, 4) is 11.4 Å². The van der Waals surface area contributed by atoms with Crippen LogP contribution >= 0.6 is 0 Å². The fourth-order valence-electron chi connectivity index (χ4n) is 2.98. The average molecular weight is 324 g/mol. The van der Waals surface area contributed by atoms with Crippen molar-refractivity contribution in [2.24, 2.45) is 0 Å². The Hall–Kier alpha value is -3.33. The summed E-state index contributed by atoms with van der Waals surface area (Å²) in [5, 5.41) is 0. The van der Waals surface area contributed by atoms with Gasteiger partial charge in [-0.25, -0.2) is 4.57 Å². The van der Waals surface area contributed by atoms with Gasteiger partial charge in [-0.1, -0.05) is 88.8 Å². The van der Waals surface area contributed by atoms with Crippen molar-refractivity contribution in [2.45, 2.75) is 6.04 Å². The van der Waals surface area contributed by atoms with Gasteiger partial charge in [-0.05, 0) is 23.3 Å². The van der Waals surface area contributed by atoms with E-state index in [2.05, 4.69) is 63.1 Å². The van der Waals surface area contributed by atoms with Gasteiger partial charge in [0.25, 0.3) is 0 Å². The van der Waals surface area contributed by atoms with Crippen LogP contribution in [0.25, 0.3) is 11.4 Å². The molecule has 0 radical (unpaired) electrons. The van der Waals surface area contributed by atoms with Gasteiger partial charge in [-0.15, -0.1) is 0 Å². The molecule has 0 unspecified atom stereocenters. The van der Waals surface area contributed by atoms with Crippen LogP contribution in [0.5, 0.6) is 0 Å². The molecule has 3 heteroatoms. The number of aromatic nitrogens is 3. The minimum Gasteiger partial charge on any atom is -0.228 e. The van der Waals surface area contributed by atoms with Gasteiger partial charge >= 0.3 is 5.82 Å². The van der Waals surface area contributed by atoms with E-state index in [4.69, 9.17) is 0 Å². The van der Waals surface area contributed by atoms with Gasteiger partial charge in [0, 0.05) is 0 Å². The maximum atomic E-state index is 4.57. The van der Waals surface area contributed by atoms with Crippen LogP contribution in [-0.2, 0) is 0 Å². The van der Waals surface area contributed by atoms with E-state index in [-0.39, 0.29) is 6.04 Å². The molecule has 0 aliphatic carbocycles. The zero-order valence-electron chi connectivity index (χ0n) is 13.7. The van der Waals surface area contributed by atoms with Gasteiger partial charge in [0.2, 0.25) is 12.7 Å². The second kappa shape index (κ2) is 7.05. The first kappa shape index (κ1) is 15.2. The zero-order chi connectivity index (χ0) is 16.9. The largest absolute Gasteiger partial charge is 0.307 e. The van der Waals surface area contributed by atoms with E-state index in [1.807, 2.05) is 55.1 Å². The van der Waals surface area contributed by atoms with Gasteiger partial charge < -0.3 is 0 Å². The molecule has 0 atom stereocenters. The first-order valence-corrected chi connectivity index (χ1v) is 8.30. The lowest BCUT2D eigenvalue weighted by Gasteiger charge is -2.16. The summed E-state index contributed by atoms with van der Waals surface area (Å²) in [6.07, 6.45) is 3.72. The molecule has 120 valence electrons. The van der Waals surface area contributed by atoms with Gasteiger partial charge in [-0.3, -0.25) is 0 Å². The number of rotatable bonds is 4. The summed E-state index contributed by atoms with van der Waals surface area (Å²) >= 11 is 0. The van der Waals surface area contributed by atoms with Crippen molar-refractivity contribution < 1.29 is 4.57 Å². The lowest BCUT2D eigenvalue weighted by atomic mass is 9.99. The molecule has 1 heterocycles. The van der Waals surface area contributed by atoms with Crippen LogP contribution in [0.3, 0.4) is 0 Å². The number of hydrogen-bond donors (Lipinski definition) is 0. The van der Waals surface area contributed by atoms with Gasteiger partial charge in [0.15, 0.2) is 0 Å². The minimum atomic E-state index is 0.0484. The van der Waals surface area contributed by atoms with Crippen LogP contribution in [0.2, 0.25) is 0 Å². The molecule has 0 amide bonds. The average Bonchev–Trinajstić information content (AvgIpc) is 2.71. The van der Waals surface area contributed by atoms with Crippen molar-refractivity contribution in [3.05, 3.63) is 115 Å². The number of hydrogen-bond acceptors (Lipinski definition) is 2. The molecule has 3 nitrogen and oxygen atoms in total. The molecular formula is C22H18N3+. The van der Waals surface area contributed by atoms with Crippen LogP contribution < -0.4 is 4.57 Å². The van der Waals surface area contributed by atoms with E-state index in [0.29, 0.717) is 0 Å². The molecule has 0 N–H and O–H groups in total. The van der Waals surface area contributed by atoms with E-state index < -0.39 is 0 Å². The summed E-state index contributed by atoms with van der Waals surface area (Å²) in [7, 11) is 0. The Morgan fingerprint density at radius 3 is 1.48 bits per heavy atom. The summed E-state index contributed by atoms with van der Waals surface area (Å²) in [5.41, 5.74) is 3.43. The molecule has 0 aliphatic heterocycles. The van der Waals surface area contributed by atoms with Gasteiger partial charge in [0.1, 0.15) is 6.04 Å². The monoisotopic (exact) mass is 324 g/mol. The highest BCUT2D eigenvalue weighted by atomic mass is 15.1. The molecule has 25 heavy (non-hydrogen) atoms. The Morgan fingerprint density at radius 2 is 1.00 bits per heavy atom. The minimum absolute atomic E-state index is 0.0484. The summed E-state index contributed by atoms with van der Waals surface area (Å²) < 4.78 is 2.05. The lowest BCUT2D eigenvalue weighted by molar-refractivity contribution is -0.710. The van der Waals surface area contributed by atoms with Crippen molar-refractivity contribution in [1.82, 2.24) is 9.97 Å². The zero-order valence-corrected chi connectivity index (χ0v) is 13.7. The maximum Gasteiger partial charge on any atom is 0.307 e. The Morgan fingerprint density at radius 1 is 0.560 bits per heavy atom. The maximum absolute atomic E-state index is 4.57. The van der Waals surface area contributed by atoms with E-state index in [1.165, 1.54) is 11.1 Å². The summed E-state index contributed by atoms with van der Waals surface area (Å²) in [6, 6.07) is 30.9. The SMILES string of the molecule is c1ccc(-c2nc[n+](C(c3ccccc3)c3ccccc3)cn2)cc1. The first-order chi connectivity index (χ1) is 12.4. The fourth-order valence-corrected chi connectivity index (χ4v) is 2.98. The highest BCUT2D eigenvalue weighted by Gasteiger charge is 2.20. The number of nitrogens with zero attached hydrogens (tertiary/aromatic N) is 3. The number of benzene rings is 3. The third-order valence-electron chi connectivity index (χ3n) is 4.19. The molecule has 1 aromatic heterocycles. The summed E-state index contributed by atoms with van der Waals surface area (Å²) in [6.45, 7) is 0. The lowest BCUT2D eigenvalue weighted by Crippen LogP contribution is -2.41. The second-order valence-electron chi connectivity index (χ2n) is 5.85. The van der Waals surface area contributed by atoms with E-state index in [1.54, 1.807) is 0 Å². The molecule has 3 aromatic carbocycles. The summed E-state index contributed by atoms with van der Waals surface area (Å²) in [4.78, 5) is 9.15. The molecule has 0 aliphatic rings. The normalized spacial score (nSPS) is 10.8. The Labute approximate surface area is 147 Å². The molecule has 4 rings (SSSR count).